The fourth-order valence-electron chi connectivity index (χ4n) is 3.26. The fraction of sp³-hybridized carbons (Fsp3) is 0.409. The van der Waals surface area contributed by atoms with Crippen molar-refractivity contribution < 1.29 is 15.0 Å². The monoisotopic (exact) mass is 340 g/mol. The SMILES string of the molecule is CCCCCC(C)(C)c1cc(Cc2ccccc2)cc(C(=O)O)c1O. The Bertz CT molecular complexity index is 718. The van der Waals surface area contributed by atoms with E-state index in [1.807, 2.05) is 36.4 Å². The molecular weight excluding hydrogens is 312 g/mol. The van der Waals surface area contributed by atoms with Gasteiger partial charge in [-0.1, -0.05) is 76.4 Å². The maximum absolute atomic E-state index is 11.6. The number of rotatable bonds is 8. The quantitative estimate of drug-likeness (QED) is 0.620. The summed E-state index contributed by atoms with van der Waals surface area (Å²) in [6.45, 7) is 6.32. The van der Waals surface area contributed by atoms with Gasteiger partial charge in [0.05, 0.1) is 0 Å². The van der Waals surface area contributed by atoms with Crippen LogP contribution in [0.5, 0.6) is 5.75 Å². The molecule has 0 bridgehead atoms. The van der Waals surface area contributed by atoms with Gasteiger partial charge in [0.25, 0.3) is 0 Å². The van der Waals surface area contributed by atoms with Gasteiger partial charge < -0.3 is 10.2 Å². The summed E-state index contributed by atoms with van der Waals surface area (Å²) in [5.74, 6) is -1.18. The lowest BCUT2D eigenvalue weighted by atomic mass is 9.77. The van der Waals surface area contributed by atoms with Crippen molar-refractivity contribution in [2.24, 2.45) is 0 Å². The van der Waals surface area contributed by atoms with Gasteiger partial charge in [-0.2, -0.15) is 0 Å². The molecule has 0 aromatic heterocycles. The zero-order valence-corrected chi connectivity index (χ0v) is 15.4. The maximum atomic E-state index is 11.6. The van der Waals surface area contributed by atoms with E-state index in [9.17, 15) is 15.0 Å². The van der Waals surface area contributed by atoms with Gasteiger partial charge in [0, 0.05) is 5.56 Å². The van der Waals surface area contributed by atoms with Crippen molar-refractivity contribution in [1.82, 2.24) is 0 Å². The third-order valence-electron chi connectivity index (χ3n) is 4.79. The van der Waals surface area contributed by atoms with Crippen molar-refractivity contribution in [3.8, 4) is 5.75 Å². The average molecular weight is 340 g/mol. The number of hydrogen-bond donors (Lipinski definition) is 2. The topological polar surface area (TPSA) is 57.5 Å². The van der Waals surface area contributed by atoms with Crippen molar-refractivity contribution in [2.45, 2.75) is 58.3 Å². The molecule has 0 atom stereocenters. The van der Waals surface area contributed by atoms with Gasteiger partial charge in [0.1, 0.15) is 11.3 Å². The Morgan fingerprint density at radius 1 is 1.04 bits per heavy atom. The van der Waals surface area contributed by atoms with Crippen molar-refractivity contribution >= 4 is 5.97 Å². The molecule has 2 aromatic carbocycles. The molecular formula is C22H28O3. The second kappa shape index (κ2) is 8.19. The summed E-state index contributed by atoms with van der Waals surface area (Å²) in [6.07, 6.45) is 4.91. The van der Waals surface area contributed by atoms with Gasteiger partial charge in [0.2, 0.25) is 0 Å². The minimum absolute atomic E-state index is 0.00741. The molecule has 0 saturated heterocycles. The molecule has 2 rings (SSSR count). The molecule has 0 fully saturated rings. The Labute approximate surface area is 150 Å². The Kier molecular flexibility index (Phi) is 6.24. The van der Waals surface area contributed by atoms with Crippen molar-refractivity contribution in [2.75, 3.05) is 0 Å². The minimum atomic E-state index is -1.09. The zero-order valence-electron chi connectivity index (χ0n) is 15.4. The predicted molar refractivity (Wildman–Crippen MR) is 101 cm³/mol. The third-order valence-corrected chi connectivity index (χ3v) is 4.79. The molecule has 134 valence electrons. The summed E-state index contributed by atoms with van der Waals surface area (Å²) in [4.78, 5) is 11.6. The van der Waals surface area contributed by atoms with Crippen LogP contribution in [0.15, 0.2) is 42.5 Å². The van der Waals surface area contributed by atoms with Crippen LogP contribution in [0.2, 0.25) is 0 Å². The number of aromatic carboxylic acids is 1. The summed E-state index contributed by atoms with van der Waals surface area (Å²) in [6, 6.07) is 13.5. The van der Waals surface area contributed by atoms with E-state index < -0.39 is 5.97 Å². The second-order valence-electron chi connectivity index (χ2n) is 7.35. The molecule has 0 unspecified atom stereocenters. The largest absolute Gasteiger partial charge is 0.507 e. The van der Waals surface area contributed by atoms with Gasteiger partial charge in [-0.05, 0) is 35.4 Å². The lowest BCUT2D eigenvalue weighted by molar-refractivity contribution is 0.0693. The Balaban J connectivity index is 2.42. The first-order chi connectivity index (χ1) is 11.8. The molecule has 3 nitrogen and oxygen atoms in total. The average Bonchev–Trinajstić information content (AvgIpc) is 2.57. The third kappa shape index (κ3) is 4.85. The molecule has 25 heavy (non-hydrogen) atoms. The van der Waals surface area contributed by atoms with Crippen LogP contribution in [0.1, 0.15) is 73.5 Å². The van der Waals surface area contributed by atoms with E-state index in [4.69, 9.17) is 0 Å². The van der Waals surface area contributed by atoms with Crippen LogP contribution < -0.4 is 0 Å². The van der Waals surface area contributed by atoms with Crippen LogP contribution in [0.4, 0.5) is 0 Å². The minimum Gasteiger partial charge on any atom is -0.507 e. The zero-order chi connectivity index (χ0) is 18.4. The Morgan fingerprint density at radius 2 is 1.72 bits per heavy atom. The lowest BCUT2D eigenvalue weighted by Gasteiger charge is -2.27. The molecule has 2 N–H and O–H groups in total. The first-order valence-electron chi connectivity index (χ1n) is 8.98. The number of aromatic hydroxyl groups is 1. The number of carboxylic acid groups (broad SMARTS) is 1. The van der Waals surface area contributed by atoms with Gasteiger partial charge in [0.15, 0.2) is 0 Å². The molecule has 0 aliphatic heterocycles. The highest BCUT2D eigenvalue weighted by Gasteiger charge is 2.27. The summed E-state index contributed by atoms with van der Waals surface area (Å²) in [5.41, 5.74) is 2.50. The normalized spacial score (nSPS) is 11.5. The number of unbranched alkanes of at least 4 members (excludes halogenated alkanes) is 2. The first kappa shape index (κ1) is 19.0. The fourth-order valence-corrected chi connectivity index (χ4v) is 3.26. The van der Waals surface area contributed by atoms with E-state index in [0.717, 1.165) is 42.4 Å². The predicted octanol–water partition coefficient (Wildman–Crippen LogP) is 5.54. The summed E-state index contributed by atoms with van der Waals surface area (Å²) in [5, 5.41) is 20.1. The summed E-state index contributed by atoms with van der Waals surface area (Å²) in [7, 11) is 0. The van der Waals surface area contributed by atoms with Crippen LogP contribution in [-0.4, -0.2) is 16.2 Å². The number of benzene rings is 2. The van der Waals surface area contributed by atoms with Gasteiger partial charge in [-0.25, -0.2) is 4.79 Å². The van der Waals surface area contributed by atoms with Crippen molar-refractivity contribution in [3.05, 3.63) is 64.7 Å². The second-order valence-corrected chi connectivity index (χ2v) is 7.35. The number of carboxylic acids is 1. The van der Waals surface area contributed by atoms with Crippen LogP contribution in [0, 0.1) is 0 Å². The maximum Gasteiger partial charge on any atom is 0.339 e. The highest BCUT2D eigenvalue weighted by atomic mass is 16.4. The number of hydrogen-bond acceptors (Lipinski definition) is 2. The van der Waals surface area contributed by atoms with Crippen molar-refractivity contribution in [3.63, 3.8) is 0 Å². The van der Waals surface area contributed by atoms with Crippen LogP contribution in [0.3, 0.4) is 0 Å². The van der Waals surface area contributed by atoms with Gasteiger partial charge in [-0.3, -0.25) is 0 Å². The molecule has 0 amide bonds. The van der Waals surface area contributed by atoms with E-state index in [0.29, 0.717) is 6.42 Å². The molecule has 0 radical (unpaired) electrons. The van der Waals surface area contributed by atoms with E-state index in [2.05, 4.69) is 20.8 Å². The van der Waals surface area contributed by atoms with E-state index in [-0.39, 0.29) is 16.7 Å². The summed E-state index contributed by atoms with van der Waals surface area (Å²) >= 11 is 0. The Morgan fingerprint density at radius 3 is 2.32 bits per heavy atom. The molecule has 3 heteroatoms. The highest BCUT2D eigenvalue weighted by molar-refractivity contribution is 5.91. The van der Waals surface area contributed by atoms with Crippen LogP contribution in [0.25, 0.3) is 0 Å². The molecule has 0 aliphatic rings. The molecule has 0 spiro atoms. The highest BCUT2D eigenvalue weighted by Crippen LogP contribution is 2.38. The number of phenols is 1. The van der Waals surface area contributed by atoms with Crippen LogP contribution >= 0.6 is 0 Å². The molecule has 0 aliphatic carbocycles. The Hall–Kier alpha value is -2.29. The summed E-state index contributed by atoms with van der Waals surface area (Å²) < 4.78 is 0. The van der Waals surface area contributed by atoms with Gasteiger partial charge >= 0.3 is 5.97 Å². The number of carbonyl (C=O) groups is 1. The van der Waals surface area contributed by atoms with E-state index >= 15 is 0 Å². The van der Waals surface area contributed by atoms with Crippen molar-refractivity contribution in [1.29, 1.82) is 0 Å². The molecule has 0 saturated carbocycles. The lowest BCUT2D eigenvalue weighted by Crippen LogP contribution is -2.19. The van der Waals surface area contributed by atoms with E-state index in [1.165, 1.54) is 0 Å². The molecule has 2 aromatic rings. The van der Waals surface area contributed by atoms with E-state index in [1.54, 1.807) is 6.07 Å². The molecule has 0 heterocycles. The standard InChI is InChI=1S/C22H28O3/c1-4-5-9-12-22(2,3)19-15-17(13-16-10-7-6-8-11-16)14-18(20(19)23)21(24)25/h6-8,10-11,14-15,23H,4-5,9,12-13H2,1-3H3,(H,24,25). The van der Waals surface area contributed by atoms with Gasteiger partial charge in [-0.15, -0.1) is 0 Å². The van der Waals surface area contributed by atoms with Crippen LogP contribution in [-0.2, 0) is 11.8 Å². The first-order valence-corrected chi connectivity index (χ1v) is 8.98. The smallest absolute Gasteiger partial charge is 0.339 e.